The number of aryl methyl sites for hydroxylation is 1. The number of halogens is 2. The molecule has 0 unspecified atom stereocenters. The molecule has 0 radical (unpaired) electrons. The number of aromatic amines is 1. The Morgan fingerprint density at radius 1 is 1.21 bits per heavy atom. The van der Waals surface area contributed by atoms with Gasteiger partial charge in [-0.25, -0.2) is 13.8 Å². The van der Waals surface area contributed by atoms with E-state index >= 15 is 0 Å². The highest BCUT2D eigenvalue weighted by atomic mass is 19.1. The van der Waals surface area contributed by atoms with Gasteiger partial charge in [0.25, 0.3) is 0 Å². The number of hydrogen-bond donors (Lipinski definition) is 1. The molecule has 0 fully saturated rings. The van der Waals surface area contributed by atoms with Crippen LogP contribution in [0.15, 0.2) is 12.1 Å². The fraction of sp³-hybridized carbons (Fsp3) is 0.300. The molecule has 1 aromatic heterocycles. The van der Waals surface area contributed by atoms with E-state index in [2.05, 4.69) is 9.97 Å². The predicted molar refractivity (Wildman–Crippen MR) is 52.1 cm³/mol. The van der Waals surface area contributed by atoms with E-state index in [4.69, 9.17) is 0 Å². The number of aromatic nitrogens is 2. The molecule has 2 aromatic rings. The van der Waals surface area contributed by atoms with Gasteiger partial charge in [0.05, 0.1) is 5.52 Å². The fourth-order valence-electron chi connectivity index (χ4n) is 1.17. The second kappa shape index (κ2) is 4.17. The van der Waals surface area contributed by atoms with Crippen molar-refractivity contribution in [3.05, 3.63) is 29.6 Å². The van der Waals surface area contributed by atoms with Crippen molar-refractivity contribution < 1.29 is 8.78 Å². The molecular weight excluding hydrogens is 186 g/mol. The number of imidazole rings is 1. The summed E-state index contributed by atoms with van der Waals surface area (Å²) < 4.78 is 25.6. The molecule has 1 heterocycles. The van der Waals surface area contributed by atoms with Crippen LogP contribution in [0.3, 0.4) is 0 Å². The number of nitrogens with one attached hydrogen (secondary N) is 1. The summed E-state index contributed by atoms with van der Waals surface area (Å²) in [4.78, 5) is 6.61. The van der Waals surface area contributed by atoms with Gasteiger partial charge in [0.15, 0.2) is 5.82 Å². The van der Waals surface area contributed by atoms with Gasteiger partial charge in [0.1, 0.15) is 17.2 Å². The Hall–Kier alpha value is -1.45. The Bertz CT molecular complexity index is 435. The minimum absolute atomic E-state index is 0.189. The maximum absolute atomic E-state index is 12.9. The van der Waals surface area contributed by atoms with E-state index in [-0.39, 0.29) is 5.52 Å². The molecule has 1 N–H and O–H groups in total. The van der Waals surface area contributed by atoms with Crippen LogP contribution in [0.5, 0.6) is 0 Å². The lowest BCUT2D eigenvalue weighted by Crippen LogP contribution is -1.81. The maximum Gasteiger partial charge on any atom is 0.153 e. The van der Waals surface area contributed by atoms with Gasteiger partial charge in [0, 0.05) is 6.07 Å². The summed E-state index contributed by atoms with van der Waals surface area (Å²) in [5, 5.41) is 0. The first-order valence-corrected chi connectivity index (χ1v) is 4.48. The lowest BCUT2D eigenvalue weighted by molar-refractivity contribution is 0.590. The lowest BCUT2D eigenvalue weighted by atomic mass is 10.3. The summed E-state index contributed by atoms with van der Waals surface area (Å²) in [5.41, 5.74) is 0.582. The van der Waals surface area contributed by atoms with Gasteiger partial charge in [-0.2, -0.15) is 0 Å². The summed E-state index contributed by atoms with van der Waals surface area (Å²) in [6.45, 7) is 5.69. The normalized spacial score (nSPS) is 9.79. The number of hydrogen-bond acceptors (Lipinski definition) is 1. The molecule has 4 heteroatoms. The Morgan fingerprint density at radius 2 is 1.86 bits per heavy atom. The van der Waals surface area contributed by atoms with E-state index < -0.39 is 11.6 Å². The van der Waals surface area contributed by atoms with E-state index in [0.717, 1.165) is 6.07 Å². The van der Waals surface area contributed by atoms with Gasteiger partial charge < -0.3 is 4.98 Å². The molecule has 2 rings (SSSR count). The third-order valence-corrected chi connectivity index (χ3v) is 1.62. The van der Waals surface area contributed by atoms with Crippen LogP contribution in [-0.2, 0) is 0 Å². The van der Waals surface area contributed by atoms with Crippen LogP contribution >= 0.6 is 0 Å². The first-order valence-electron chi connectivity index (χ1n) is 4.48. The summed E-state index contributed by atoms with van der Waals surface area (Å²) in [6.07, 6.45) is 0. The van der Waals surface area contributed by atoms with Crippen LogP contribution in [0.1, 0.15) is 19.7 Å². The zero-order valence-corrected chi connectivity index (χ0v) is 8.36. The fourth-order valence-corrected chi connectivity index (χ4v) is 1.17. The van der Waals surface area contributed by atoms with E-state index in [1.54, 1.807) is 6.92 Å². The van der Waals surface area contributed by atoms with Crippen molar-refractivity contribution in [1.82, 2.24) is 9.97 Å². The quantitative estimate of drug-likeness (QED) is 0.692. The second-order valence-corrected chi connectivity index (χ2v) is 2.61. The number of rotatable bonds is 0. The molecule has 0 aliphatic rings. The highest BCUT2D eigenvalue weighted by Crippen LogP contribution is 2.16. The van der Waals surface area contributed by atoms with Gasteiger partial charge in [-0.1, -0.05) is 13.8 Å². The molecule has 0 aliphatic carbocycles. The van der Waals surface area contributed by atoms with Crippen LogP contribution in [-0.4, -0.2) is 9.97 Å². The highest BCUT2D eigenvalue weighted by molar-refractivity contribution is 5.75. The number of fused-ring (bicyclic) bond motifs is 1. The molecule has 2 nitrogen and oxygen atoms in total. The zero-order valence-electron chi connectivity index (χ0n) is 8.36. The monoisotopic (exact) mass is 198 g/mol. The van der Waals surface area contributed by atoms with E-state index in [1.165, 1.54) is 6.07 Å². The van der Waals surface area contributed by atoms with Gasteiger partial charge in [0.2, 0.25) is 0 Å². The SMILES string of the molecule is CC.Cc1nc2c(F)cc(F)cc2[nH]1. The van der Waals surface area contributed by atoms with Crippen molar-refractivity contribution in [3.63, 3.8) is 0 Å². The Kier molecular flexibility index (Phi) is 3.17. The Labute approximate surface area is 81.0 Å². The van der Waals surface area contributed by atoms with Crippen LogP contribution < -0.4 is 0 Å². The zero-order chi connectivity index (χ0) is 10.7. The molecular formula is C10H12F2N2. The third kappa shape index (κ3) is 1.89. The molecule has 0 saturated carbocycles. The standard InChI is InChI=1S/C8H6F2N2.C2H6/c1-4-11-7-3-5(9)2-6(10)8(7)12-4;1-2/h2-3H,1H3,(H,11,12);1-2H3. The molecule has 0 amide bonds. The van der Waals surface area contributed by atoms with Crippen LogP contribution in [0.2, 0.25) is 0 Å². The Balaban J connectivity index is 0.000000461. The molecule has 0 bridgehead atoms. The molecule has 1 aromatic carbocycles. The summed E-state index contributed by atoms with van der Waals surface area (Å²) in [7, 11) is 0. The predicted octanol–water partition coefficient (Wildman–Crippen LogP) is 3.18. The van der Waals surface area contributed by atoms with Gasteiger partial charge in [-0.3, -0.25) is 0 Å². The molecule has 0 atom stereocenters. The largest absolute Gasteiger partial charge is 0.342 e. The summed E-state index contributed by atoms with van der Waals surface area (Å²) in [5.74, 6) is -0.646. The van der Waals surface area contributed by atoms with Crippen molar-refractivity contribution in [2.45, 2.75) is 20.8 Å². The summed E-state index contributed by atoms with van der Waals surface area (Å²) >= 11 is 0. The summed E-state index contributed by atoms with van der Waals surface area (Å²) in [6, 6.07) is 2.04. The van der Waals surface area contributed by atoms with Crippen molar-refractivity contribution in [1.29, 1.82) is 0 Å². The van der Waals surface area contributed by atoms with Gasteiger partial charge in [-0.05, 0) is 13.0 Å². The van der Waals surface area contributed by atoms with Crippen LogP contribution in [0, 0.1) is 18.6 Å². The molecule has 0 spiro atoms. The van der Waals surface area contributed by atoms with Crippen LogP contribution in [0.25, 0.3) is 11.0 Å². The number of benzene rings is 1. The average Bonchev–Trinajstić information content (AvgIpc) is 2.49. The van der Waals surface area contributed by atoms with Crippen LogP contribution in [0.4, 0.5) is 8.78 Å². The first kappa shape index (κ1) is 10.6. The smallest absolute Gasteiger partial charge is 0.153 e. The maximum atomic E-state index is 12.9. The molecule has 14 heavy (non-hydrogen) atoms. The minimum Gasteiger partial charge on any atom is -0.342 e. The average molecular weight is 198 g/mol. The lowest BCUT2D eigenvalue weighted by Gasteiger charge is -1.90. The third-order valence-electron chi connectivity index (χ3n) is 1.62. The van der Waals surface area contributed by atoms with Crippen molar-refractivity contribution in [2.24, 2.45) is 0 Å². The number of nitrogens with zero attached hydrogens (tertiary/aromatic N) is 1. The molecule has 0 saturated heterocycles. The van der Waals surface area contributed by atoms with E-state index in [9.17, 15) is 8.78 Å². The van der Waals surface area contributed by atoms with Crippen molar-refractivity contribution in [2.75, 3.05) is 0 Å². The molecule has 76 valence electrons. The van der Waals surface area contributed by atoms with Gasteiger partial charge >= 0.3 is 0 Å². The number of H-pyrrole nitrogens is 1. The van der Waals surface area contributed by atoms with Crippen molar-refractivity contribution in [3.8, 4) is 0 Å². The van der Waals surface area contributed by atoms with Crippen molar-refractivity contribution >= 4 is 11.0 Å². The topological polar surface area (TPSA) is 28.7 Å². The van der Waals surface area contributed by atoms with Gasteiger partial charge in [-0.15, -0.1) is 0 Å². The van der Waals surface area contributed by atoms with E-state index in [1.807, 2.05) is 13.8 Å². The second-order valence-electron chi connectivity index (χ2n) is 2.61. The first-order chi connectivity index (χ1) is 6.66. The Morgan fingerprint density at radius 3 is 2.50 bits per heavy atom. The van der Waals surface area contributed by atoms with E-state index in [0.29, 0.717) is 11.3 Å². The molecule has 0 aliphatic heterocycles. The minimum atomic E-state index is -0.630. The highest BCUT2D eigenvalue weighted by Gasteiger charge is 2.06.